The zero-order valence-corrected chi connectivity index (χ0v) is 15.4. The third-order valence-electron chi connectivity index (χ3n) is 3.63. The van der Waals surface area contributed by atoms with E-state index in [0.717, 1.165) is 43.9 Å². The van der Waals surface area contributed by atoms with Crippen LogP contribution in [0.1, 0.15) is 41.8 Å². The molecular formula is C16H28N6OS. The molecule has 1 rings (SSSR count). The minimum absolute atomic E-state index is 0.100. The molecule has 0 saturated carbocycles. The quantitative estimate of drug-likeness (QED) is 0.240. The van der Waals surface area contributed by atoms with Crippen LogP contribution in [0.2, 0.25) is 0 Å². The van der Waals surface area contributed by atoms with Gasteiger partial charge in [-0.2, -0.15) is 5.26 Å². The lowest BCUT2D eigenvalue weighted by Gasteiger charge is -2.22. The van der Waals surface area contributed by atoms with Crippen molar-refractivity contribution in [2.75, 3.05) is 26.2 Å². The van der Waals surface area contributed by atoms with Crippen molar-refractivity contribution in [1.29, 1.82) is 5.26 Å². The van der Waals surface area contributed by atoms with Crippen LogP contribution in [0.4, 0.5) is 0 Å². The molecule has 0 fully saturated rings. The lowest BCUT2D eigenvalue weighted by Crippen LogP contribution is -2.39. The number of aliphatic hydroxyl groups is 1. The summed E-state index contributed by atoms with van der Waals surface area (Å²) in [6.07, 6.45) is 5.20. The fourth-order valence-electron chi connectivity index (χ4n) is 2.35. The Labute approximate surface area is 148 Å². The van der Waals surface area contributed by atoms with Crippen LogP contribution in [0.3, 0.4) is 0 Å². The smallest absolute Gasteiger partial charge is 0.209 e. The highest BCUT2D eigenvalue weighted by Gasteiger charge is 2.10. The molecule has 0 aromatic carbocycles. The summed E-state index contributed by atoms with van der Waals surface area (Å²) in [6, 6.07) is 0. The summed E-state index contributed by atoms with van der Waals surface area (Å²) in [7, 11) is 0. The van der Waals surface area contributed by atoms with Crippen LogP contribution >= 0.6 is 11.3 Å². The Morgan fingerprint density at radius 2 is 2.17 bits per heavy atom. The van der Waals surface area contributed by atoms with E-state index < -0.39 is 0 Å². The molecule has 0 radical (unpaired) electrons. The molecule has 0 spiro atoms. The number of aliphatic imine (C=N–C) groups is 1. The Bertz CT molecular complexity index is 551. The maximum atomic E-state index is 8.96. The van der Waals surface area contributed by atoms with Crippen molar-refractivity contribution in [3.05, 3.63) is 15.6 Å². The first-order valence-corrected chi connectivity index (χ1v) is 9.18. The number of aryl methyl sites for hydroxylation is 2. The first-order valence-electron chi connectivity index (χ1n) is 8.36. The third-order valence-corrected chi connectivity index (χ3v) is 4.64. The van der Waals surface area contributed by atoms with Gasteiger partial charge in [-0.05, 0) is 39.2 Å². The van der Waals surface area contributed by atoms with Gasteiger partial charge in [-0.3, -0.25) is 0 Å². The van der Waals surface area contributed by atoms with Gasteiger partial charge < -0.3 is 21.1 Å². The van der Waals surface area contributed by atoms with Crippen LogP contribution in [0.25, 0.3) is 0 Å². The van der Waals surface area contributed by atoms with Crippen LogP contribution in [0.5, 0.6) is 0 Å². The van der Waals surface area contributed by atoms with Crippen LogP contribution in [-0.2, 0) is 13.0 Å². The minimum atomic E-state index is 0.100. The highest BCUT2D eigenvalue weighted by atomic mass is 32.1. The molecule has 1 aromatic rings. The van der Waals surface area contributed by atoms with Crippen molar-refractivity contribution in [3.63, 3.8) is 0 Å². The van der Waals surface area contributed by atoms with E-state index in [1.165, 1.54) is 10.6 Å². The maximum Gasteiger partial charge on any atom is 0.209 e. The van der Waals surface area contributed by atoms with Crippen LogP contribution in [0, 0.1) is 18.4 Å². The Hall–Kier alpha value is -1.69. The Kier molecular flexibility index (Phi) is 10.00. The second kappa shape index (κ2) is 11.8. The van der Waals surface area contributed by atoms with E-state index >= 15 is 0 Å². The second-order valence-electron chi connectivity index (χ2n) is 5.48. The molecule has 24 heavy (non-hydrogen) atoms. The van der Waals surface area contributed by atoms with E-state index in [-0.39, 0.29) is 12.6 Å². The normalized spacial score (nSPS) is 11.5. The maximum absolute atomic E-state index is 8.96. The summed E-state index contributed by atoms with van der Waals surface area (Å²) in [6.45, 7) is 7.42. The first-order chi connectivity index (χ1) is 11.6. The zero-order valence-electron chi connectivity index (χ0n) is 14.6. The summed E-state index contributed by atoms with van der Waals surface area (Å²) in [5, 5.41) is 22.0. The number of nitrogens with one attached hydrogen (secondary N) is 1. The standard InChI is InChI=1S/C16H28N6OS/c1-3-19-11-15-21-14(13(2)24-15)7-4-5-8-22(9-6-10-23)16(18)20-12-17/h19,23H,3-11H2,1-2H3,(H2,18,20). The van der Waals surface area contributed by atoms with Gasteiger partial charge in [-0.1, -0.05) is 6.92 Å². The van der Waals surface area contributed by atoms with Gasteiger partial charge in [0.05, 0.1) is 5.69 Å². The molecule has 0 amide bonds. The molecule has 1 heterocycles. The average molecular weight is 353 g/mol. The molecular weight excluding hydrogens is 324 g/mol. The topological polar surface area (TPSA) is 111 Å². The molecule has 7 nitrogen and oxygen atoms in total. The number of nitrogens with two attached hydrogens (primary N) is 1. The molecule has 0 saturated heterocycles. The van der Waals surface area contributed by atoms with Gasteiger partial charge >= 0.3 is 0 Å². The second-order valence-corrected chi connectivity index (χ2v) is 6.77. The van der Waals surface area contributed by atoms with Gasteiger partial charge in [0.25, 0.3) is 0 Å². The van der Waals surface area contributed by atoms with Crippen molar-refractivity contribution in [3.8, 4) is 6.19 Å². The zero-order chi connectivity index (χ0) is 17.8. The van der Waals surface area contributed by atoms with Crippen LogP contribution in [0.15, 0.2) is 4.99 Å². The van der Waals surface area contributed by atoms with Gasteiger partial charge in [-0.15, -0.1) is 16.3 Å². The molecule has 0 aliphatic heterocycles. The van der Waals surface area contributed by atoms with Crippen LogP contribution < -0.4 is 11.1 Å². The highest BCUT2D eigenvalue weighted by molar-refractivity contribution is 7.11. The van der Waals surface area contributed by atoms with Crippen molar-refractivity contribution in [2.24, 2.45) is 10.7 Å². The van der Waals surface area contributed by atoms with Gasteiger partial charge in [0.2, 0.25) is 12.2 Å². The van der Waals surface area contributed by atoms with Crippen molar-refractivity contribution < 1.29 is 5.11 Å². The Morgan fingerprint density at radius 1 is 1.42 bits per heavy atom. The predicted molar refractivity (Wildman–Crippen MR) is 97.7 cm³/mol. The number of hydrogen-bond acceptors (Lipinski definition) is 6. The van der Waals surface area contributed by atoms with E-state index in [1.54, 1.807) is 17.5 Å². The van der Waals surface area contributed by atoms with E-state index in [4.69, 9.17) is 21.1 Å². The number of hydrogen-bond donors (Lipinski definition) is 3. The molecule has 0 atom stereocenters. The van der Waals surface area contributed by atoms with E-state index in [1.807, 2.05) is 4.90 Å². The number of guanidine groups is 1. The van der Waals surface area contributed by atoms with Crippen molar-refractivity contribution in [1.82, 2.24) is 15.2 Å². The summed E-state index contributed by atoms with van der Waals surface area (Å²) < 4.78 is 0. The van der Waals surface area contributed by atoms with Gasteiger partial charge in [0.15, 0.2) is 0 Å². The van der Waals surface area contributed by atoms with E-state index in [9.17, 15) is 0 Å². The number of unbranched alkanes of at least 4 members (excludes halogenated alkanes) is 1. The number of aliphatic hydroxyl groups excluding tert-OH is 1. The molecule has 4 N–H and O–H groups in total. The van der Waals surface area contributed by atoms with Crippen molar-refractivity contribution >= 4 is 17.3 Å². The summed E-state index contributed by atoms with van der Waals surface area (Å²) in [5.41, 5.74) is 6.97. The molecule has 134 valence electrons. The van der Waals surface area contributed by atoms with Gasteiger partial charge in [0, 0.05) is 31.1 Å². The molecule has 0 bridgehead atoms. The molecule has 0 aliphatic rings. The van der Waals surface area contributed by atoms with Gasteiger partial charge in [0.1, 0.15) is 5.01 Å². The Balaban J connectivity index is 2.43. The summed E-state index contributed by atoms with van der Waals surface area (Å²) >= 11 is 1.75. The van der Waals surface area contributed by atoms with Crippen molar-refractivity contribution in [2.45, 2.75) is 46.1 Å². The highest BCUT2D eigenvalue weighted by Crippen LogP contribution is 2.19. The summed E-state index contributed by atoms with van der Waals surface area (Å²) in [4.78, 5) is 11.4. The van der Waals surface area contributed by atoms with E-state index in [0.29, 0.717) is 13.0 Å². The largest absolute Gasteiger partial charge is 0.396 e. The molecule has 0 unspecified atom stereocenters. The monoisotopic (exact) mass is 352 g/mol. The number of rotatable bonds is 11. The predicted octanol–water partition coefficient (Wildman–Crippen LogP) is 1.36. The first kappa shape index (κ1) is 20.4. The fourth-order valence-corrected chi connectivity index (χ4v) is 3.30. The number of thiazole rings is 1. The van der Waals surface area contributed by atoms with Gasteiger partial charge in [-0.25, -0.2) is 4.98 Å². The molecule has 8 heteroatoms. The SMILES string of the molecule is CCNCc1nc(CCCCN(CCCO)C(N)=NC#N)c(C)s1. The third kappa shape index (κ3) is 7.25. The number of nitriles is 1. The summed E-state index contributed by atoms with van der Waals surface area (Å²) in [5.74, 6) is 0.226. The lowest BCUT2D eigenvalue weighted by molar-refractivity contribution is 0.265. The Morgan fingerprint density at radius 3 is 2.83 bits per heavy atom. The van der Waals surface area contributed by atoms with E-state index in [2.05, 4.69) is 24.2 Å². The number of nitrogens with zero attached hydrogens (tertiary/aromatic N) is 4. The molecule has 0 aliphatic carbocycles. The lowest BCUT2D eigenvalue weighted by atomic mass is 10.1. The fraction of sp³-hybridized carbons (Fsp3) is 0.688. The average Bonchev–Trinajstić information content (AvgIpc) is 2.92. The van der Waals surface area contributed by atoms with Crippen LogP contribution in [-0.4, -0.2) is 47.2 Å². The molecule has 1 aromatic heterocycles. The minimum Gasteiger partial charge on any atom is -0.396 e. The number of aromatic nitrogens is 1.